The van der Waals surface area contributed by atoms with Gasteiger partial charge in [-0.25, -0.2) is 0 Å². The van der Waals surface area contributed by atoms with Crippen molar-refractivity contribution in [3.8, 4) is 0 Å². The van der Waals surface area contributed by atoms with E-state index in [-0.39, 0.29) is 11.6 Å². The molecule has 3 nitrogen and oxygen atoms in total. The fraction of sp³-hybridized carbons (Fsp3) is 0.625. The summed E-state index contributed by atoms with van der Waals surface area (Å²) in [4.78, 5) is 2.50. The lowest BCUT2D eigenvalue weighted by molar-refractivity contribution is -0.0295. The third-order valence-electron chi connectivity index (χ3n) is 4.79. The summed E-state index contributed by atoms with van der Waals surface area (Å²) in [5.74, 6) is 0. The van der Waals surface area contributed by atoms with Crippen molar-refractivity contribution in [3.63, 3.8) is 0 Å². The van der Waals surface area contributed by atoms with Crippen molar-refractivity contribution in [2.75, 3.05) is 26.7 Å². The molecule has 0 amide bonds. The number of hydrogen-bond donors (Lipinski definition) is 1. The highest BCUT2D eigenvalue weighted by molar-refractivity contribution is 5.28. The summed E-state index contributed by atoms with van der Waals surface area (Å²) in [7, 11) is 1.77. The molecule has 0 aromatic heterocycles. The third kappa shape index (κ3) is 2.83. The van der Waals surface area contributed by atoms with Gasteiger partial charge in [-0.05, 0) is 37.8 Å². The molecule has 0 saturated carbocycles. The highest BCUT2D eigenvalue weighted by Crippen LogP contribution is 2.25. The minimum atomic E-state index is -0.0865. The molecule has 0 radical (unpaired) electrons. The van der Waals surface area contributed by atoms with Gasteiger partial charge in [-0.3, -0.25) is 4.90 Å². The largest absolute Gasteiger partial charge is 0.380 e. The highest BCUT2D eigenvalue weighted by atomic mass is 16.5. The Kier molecular flexibility index (Phi) is 4.61. The van der Waals surface area contributed by atoms with Crippen LogP contribution in [0.5, 0.6) is 0 Å². The molecule has 3 heteroatoms. The quantitative estimate of drug-likeness (QED) is 0.900. The Labute approximate surface area is 116 Å². The van der Waals surface area contributed by atoms with Crippen LogP contribution in [0.25, 0.3) is 0 Å². The molecule has 1 aromatic carbocycles. The molecular weight excluding hydrogens is 236 g/mol. The van der Waals surface area contributed by atoms with Crippen molar-refractivity contribution in [1.29, 1.82) is 0 Å². The van der Waals surface area contributed by atoms with Crippen molar-refractivity contribution in [1.82, 2.24) is 4.90 Å². The molecule has 1 aromatic rings. The Morgan fingerprint density at radius 2 is 1.79 bits per heavy atom. The normalized spacial score (nSPS) is 21.3. The highest BCUT2D eigenvalue weighted by Gasteiger charge is 2.36. The van der Waals surface area contributed by atoms with Gasteiger partial charge in [-0.1, -0.05) is 24.3 Å². The zero-order chi connectivity index (χ0) is 13.9. The molecule has 19 heavy (non-hydrogen) atoms. The van der Waals surface area contributed by atoms with Crippen LogP contribution in [-0.2, 0) is 17.6 Å². The maximum Gasteiger partial charge on any atom is 0.0736 e. The summed E-state index contributed by atoms with van der Waals surface area (Å²) in [6.45, 7) is 7.07. The second-order valence-corrected chi connectivity index (χ2v) is 5.69. The van der Waals surface area contributed by atoms with Crippen molar-refractivity contribution in [2.24, 2.45) is 5.73 Å². The summed E-state index contributed by atoms with van der Waals surface area (Å²) in [6, 6.07) is 8.76. The third-order valence-corrected chi connectivity index (χ3v) is 4.79. The topological polar surface area (TPSA) is 38.5 Å². The van der Waals surface area contributed by atoms with Gasteiger partial charge in [-0.2, -0.15) is 0 Å². The van der Waals surface area contributed by atoms with Crippen LogP contribution < -0.4 is 5.73 Å². The van der Waals surface area contributed by atoms with Gasteiger partial charge in [0, 0.05) is 26.7 Å². The van der Waals surface area contributed by atoms with E-state index in [1.165, 1.54) is 11.1 Å². The first-order valence-electron chi connectivity index (χ1n) is 7.16. The van der Waals surface area contributed by atoms with Gasteiger partial charge < -0.3 is 10.5 Å². The first-order chi connectivity index (χ1) is 9.11. The van der Waals surface area contributed by atoms with E-state index in [2.05, 4.69) is 43.0 Å². The Morgan fingerprint density at radius 1 is 1.26 bits per heavy atom. The average Bonchev–Trinajstić information content (AvgIpc) is 2.68. The van der Waals surface area contributed by atoms with Gasteiger partial charge in [0.05, 0.1) is 11.6 Å². The Hall–Kier alpha value is -0.900. The van der Waals surface area contributed by atoms with Gasteiger partial charge in [-0.15, -0.1) is 0 Å². The molecule has 0 bridgehead atoms. The van der Waals surface area contributed by atoms with E-state index in [0.717, 1.165) is 25.9 Å². The summed E-state index contributed by atoms with van der Waals surface area (Å²) >= 11 is 0. The molecule has 0 aliphatic carbocycles. The number of fused-ring (bicyclic) bond motifs is 1. The lowest BCUT2D eigenvalue weighted by atomic mass is 9.93. The molecule has 106 valence electrons. The molecule has 0 spiro atoms. The molecule has 2 rings (SSSR count). The van der Waals surface area contributed by atoms with E-state index in [9.17, 15) is 0 Å². The number of nitrogens with zero attached hydrogens (tertiary/aromatic N) is 1. The minimum absolute atomic E-state index is 0.0865. The maximum atomic E-state index is 6.05. The molecule has 0 saturated heterocycles. The van der Waals surface area contributed by atoms with Crippen molar-refractivity contribution >= 4 is 0 Å². The summed E-state index contributed by atoms with van der Waals surface area (Å²) in [5.41, 5.74) is 8.92. The van der Waals surface area contributed by atoms with Crippen LogP contribution in [0.1, 0.15) is 25.0 Å². The summed E-state index contributed by atoms with van der Waals surface area (Å²) < 4.78 is 5.56. The molecule has 2 unspecified atom stereocenters. The van der Waals surface area contributed by atoms with E-state index < -0.39 is 0 Å². The molecule has 1 aliphatic heterocycles. The fourth-order valence-electron chi connectivity index (χ4n) is 2.98. The van der Waals surface area contributed by atoms with Crippen LogP contribution in [0.3, 0.4) is 0 Å². The zero-order valence-electron chi connectivity index (χ0n) is 12.4. The molecule has 2 atom stereocenters. The zero-order valence-corrected chi connectivity index (χ0v) is 12.4. The second kappa shape index (κ2) is 6.04. The molecule has 2 N–H and O–H groups in total. The Balaban J connectivity index is 2.16. The number of nitrogens with two attached hydrogens (primary N) is 1. The molecule has 0 fully saturated rings. The van der Waals surface area contributed by atoms with Crippen LogP contribution in [0, 0.1) is 0 Å². The van der Waals surface area contributed by atoms with Crippen LogP contribution in [0.4, 0.5) is 0 Å². The predicted octanol–water partition coefficient (Wildman–Crippen LogP) is 1.84. The molecule has 1 heterocycles. The van der Waals surface area contributed by atoms with Gasteiger partial charge in [0.15, 0.2) is 0 Å². The van der Waals surface area contributed by atoms with Crippen LogP contribution in [0.2, 0.25) is 0 Å². The summed E-state index contributed by atoms with van der Waals surface area (Å²) in [6.07, 6.45) is 2.34. The van der Waals surface area contributed by atoms with Crippen molar-refractivity contribution < 1.29 is 4.74 Å². The van der Waals surface area contributed by atoms with Crippen molar-refractivity contribution in [2.45, 2.75) is 38.3 Å². The van der Waals surface area contributed by atoms with Gasteiger partial charge in [0.1, 0.15) is 0 Å². The summed E-state index contributed by atoms with van der Waals surface area (Å²) in [5, 5.41) is 0. The van der Waals surface area contributed by atoms with Gasteiger partial charge >= 0.3 is 0 Å². The molecule has 1 aliphatic rings. The Morgan fingerprint density at radius 3 is 2.21 bits per heavy atom. The predicted molar refractivity (Wildman–Crippen MR) is 79.4 cm³/mol. The van der Waals surface area contributed by atoms with Crippen LogP contribution >= 0.6 is 0 Å². The number of ether oxygens (including phenoxy) is 1. The lowest BCUT2D eigenvalue weighted by Crippen LogP contribution is -2.59. The number of hydrogen-bond acceptors (Lipinski definition) is 3. The Bertz CT molecular complexity index is 394. The number of benzene rings is 1. The average molecular weight is 262 g/mol. The SMILES string of the molecule is COC(C)C(C)(CN)N1CCc2ccccc2CC1. The van der Waals surface area contributed by atoms with Crippen LogP contribution in [0.15, 0.2) is 24.3 Å². The monoisotopic (exact) mass is 262 g/mol. The van der Waals surface area contributed by atoms with E-state index in [0.29, 0.717) is 6.54 Å². The van der Waals surface area contributed by atoms with E-state index in [1.807, 2.05) is 0 Å². The standard InChI is InChI=1S/C16H26N2O/c1-13(19-3)16(2,12-17)18-10-8-14-6-4-5-7-15(14)9-11-18/h4-7,13H,8-12,17H2,1-3H3. The van der Waals surface area contributed by atoms with Crippen LogP contribution in [-0.4, -0.2) is 43.3 Å². The first kappa shape index (κ1) is 14.5. The van der Waals surface area contributed by atoms with E-state index >= 15 is 0 Å². The van der Waals surface area contributed by atoms with Gasteiger partial charge in [0.2, 0.25) is 0 Å². The first-order valence-corrected chi connectivity index (χ1v) is 7.16. The fourth-order valence-corrected chi connectivity index (χ4v) is 2.98. The van der Waals surface area contributed by atoms with E-state index in [1.54, 1.807) is 7.11 Å². The van der Waals surface area contributed by atoms with Crippen molar-refractivity contribution in [3.05, 3.63) is 35.4 Å². The smallest absolute Gasteiger partial charge is 0.0736 e. The maximum absolute atomic E-state index is 6.05. The number of rotatable bonds is 4. The minimum Gasteiger partial charge on any atom is -0.380 e. The number of methoxy groups -OCH3 is 1. The molecular formula is C16H26N2O. The van der Waals surface area contributed by atoms with E-state index in [4.69, 9.17) is 10.5 Å². The van der Waals surface area contributed by atoms with Gasteiger partial charge in [0.25, 0.3) is 0 Å². The lowest BCUT2D eigenvalue weighted by Gasteiger charge is -2.43. The second-order valence-electron chi connectivity index (χ2n) is 5.69.